The molecule has 0 bridgehead atoms. The van der Waals surface area contributed by atoms with Gasteiger partial charge < -0.3 is 15.0 Å². The van der Waals surface area contributed by atoms with Crippen LogP contribution in [0.5, 0.6) is 0 Å². The van der Waals surface area contributed by atoms with Crippen LogP contribution in [-0.2, 0) is 26.3 Å². The lowest BCUT2D eigenvalue weighted by Crippen LogP contribution is -2.40. The first-order chi connectivity index (χ1) is 17.8. The summed E-state index contributed by atoms with van der Waals surface area (Å²) < 4.78 is 20.2. The average Bonchev–Trinajstić information content (AvgIpc) is 3.35. The molecule has 37 heavy (non-hydrogen) atoms. The molecular weight excluding hydrogens is 467 g/mol. The summed E-state index contributed by atoms with van der Waals surface area (Å²) in [5.74, 6) is -0.172. The van der Waals surface area contributed by atoms with Crippen molar-refractivity contribution < 1.29 is 18.7 Å². The Morgan fingerprint density at radius 1 is 1.11 bits per heavy atom. The first-order valence-electron chi connectivity index (χ1n) is 13.9. The van der Waals surface area contributed by atoms with Crippen molar-refractivity contribution in [1.82, 2.24) is 0 Å². The Bertz CT molecular complexity index is 1090. The Kier molecular flexibility index (Phi) is 8.88. The van der Waals surface area contributed by atoms with Gasteiger partial charge >= 0.3 is 0 Å². The van der Waals surface area contributed by atoms with Gasteiger partial charge in [0.1, 0.15) is 11.4 Å². The van der Waals surface area contributed by atoms with Gasteiger partial charge in [-0.25, -0.2) is 4.39 Å². The van der Waals surface area contributed by atoms with Crippen molar-refractivity contribution in [3.05, 3.63) is 58.9 Å². The number of nitrogens with one attached hydrogen (secondary N) is 1. The Morgan fingerprint density at radius 3 is 2.49 bits per heavy atom. The minimum Gasteiger partial charge on any atom is -0.456 e. The van der Waals surface area contributed by atoms with Crippen LogP contribution in [0.15, 0.2) is 36.4 Å². The van der Waals surface area contributed by atoms with Crippen LogP contribution in [0.1, 0.15) is 88.3 Å². The molecule has 2 saturated carbocycles. The van der Waals surface area contributed by atoms with E-state index in [4.69, 9.17) is 4.74 Å². The van der Waals surface area contributed by atoms with Crippen LogP contribution >= 0.6 is 0 Å². The largest absolute Gasteiger partial charge is 0.456 e. The summed E-state index contributed by atoms with van der Waals surface area (Å²) in [5.41, 5.74) is 3.15. The van der Waals surface area contributed by atoms with Crippen molar-refractivity contribution in [2.45, 2.75) is 96.6 Å². The van der Waals surface area contributed by atoms with E-state index in [0.717, 1.165) is 61.9 Å². The molecule has 0 aromatic heterocycles. The molecule has 2 aliphatic carbocycles. The fraction of sp³-hybridized carbons (Fsp3) is 0.548. The predicted octanol–water partition coefficient (Wildman–Crippen LogP) is 7.05. The highest BCUT2D eigenvalue weighted by molar-refractivity contribution is 5.96. The Labute approximate surface area is 220 Å². The highest BCUT2D eigenvalue weighted by atomic mass is 19.1. The lowest BCUT2D eigenvalue weighted by atomic mass is 9.89. The van der Waals surface area contributed by atoms with Crippen molar-refractivity contribution in [3.63, 3.8) is 0 Å². The minimum atomic E-state index is -0.656. The van der Waals surface area contributed by atoms with Crippen LogP contribution in [0, 0.1) is 18.7 Å². The number of amides is 1. The average molecular weight is 509 g/mol. The SMILES string of the molecule is Cc1ccc(CC(=O)Nc2cc(C3(OC=O)CCCC3)ccc2N(CC(C)C)C2CCCCC2)c(F)c1. The van der Waals surface area contributed by atoms with Crippen LogP contribution < -0.4 is 10.2 Å². The molecule has 0 spiro atoms. The first-order valence-corrected chi connectivity index (χ1v) is 13.9. The third kappa shape index (κ3) is 6.52. The number of nitrogens with zero attached hydrogens (tertiary/aromatic N) is 1. The second kappa shape index (κ2) is 12.1. The second-order valence-electron chi connectivity index (χ2n) is 11.3. The number of hydrogen-bond donors (Lipinski definition) is 1. The molecule has 0 atom stereocenters. The monoisotopic (exact) mass is 508 g/mol. The van der Waals surface area contributed by atoms with Gasteiger partial charge in [0.15, 0.2) is 0 Å². The maximum Gasteiger partial charge on any atom is 0.293 e. The van der Waals surface area contributed by atoms with E-state index in [1.54, 1.807) is 6.07 Å². The number of benzene rings is 2. The van der Waals surface area contributed by atoms with Crippen LogP contribution in [0.2, 0.25) is 0 Å². The molecule has 2 aromatic carbocycles. The Hall–Kier alpha value is -2.89. The summed E-state index contributed by atoms with van der Waals surface area (Å²) in [4.78, 5) is 27.1. The number of ether oxygens (including phenoxy) is 1. The minimum absolute atomic E-state index is 0.0423. The number of hydrogen-bond acceptors (Lipinski definition) is 4. The number of halogens is 1. The molecule has 0 heterocycles. The first kappa shape index (κ1) is 27.2. The summed E-state index contributed by atoms with van der Waals surface area (Å²) >= 11 is 0. The zero-order valence-electron chi connectivity index (χ0n) is 22.5. The highest BCUT2D eigenvalue weighted by Crippen LogP contribution is 2.44. The lowest BCUT2D eigenvalue weighted by Gasteiger charge is -2.39. The molecule has 5 nitrogen and oxygen atoms in total. The molecule has 1 amide bonds. The number of carbonyl (C=O) groups is 2. The molecule has 200 valence electrons. The van der Waals surface area contributed by atoms with E-state index in [0.29, 0.717) is 29.7 Å². The smallest absolute Gasteiger partial charge is 0.293 e. The molecule has 0 unspecified atom stereocenters. The zero-order valence-corrected chi connectivity index (χ0v) is 22.5. The number of anilines is 2. The maximum atomic E-state index is 14.5. The fourth-order valence-electron chi connectivity index (χ4n) is 6.08. The van der Waals surface area contributed by atoms with Gasteiger partial charge in [-0.1, -0.05) is 51.3 Å². The van der Waals surface area contributed by atoms with Crippen molar-refractivity contribution in [2.75, 3.05) is 16.8 Å². The van der Waals surface area contributed by atoms with Crippen molar-refractivity contribution in [2.24, 2.45) is 5.92 Å². The number of rotatable bonds is 10. The van der Waals surface area contributed by atoms with Crippen LogP contribution in [0.25, 0.3) is 0 Å². The van der Waals surface area contributed by atoms with Crippen LogP contribution in [-0.4, -0.2) is 25.0 Å². The van der Waals surface area contributed by atoms with E-state index in [1.165, 1.54) is 25.3 Å². The molecule has 6 heteroatoms. The molecule has 2 fully saturated rings. The summed E-state index contributed by atoms with van der Waals surface area (Å²) in [7, 11) is 0. The van der Waals surface area contributed by atoms with Gasteiger partial charge in [-0.15, -0.1) is 0 Å². The van der Waals surface area contributed by atoms with Gasteiger partial charge in [-0.3, -0.25) is 9.59 Å². The third-order valence-corrected chi connectivity index (χ3v) is 7.93. The van der Waals surface area contributed by atoms with Crippen molar-refractivity contribution >= 4 is 23.8 Å². The summed E-state index contributed by atoms with van der Waals surface area (Å²) in [6.45, 7) is 7.70. The molecule has 0 radical (unpaired) electrons. The van der Waals surface area contributed by atoms with Gasteiger partial charge in [0.05, 0.1) is 17.8 Å². The van der Waals surface area contributed by atoms with Gasteiger partial charge in [0.25, 0.3) is 6.47 Å². The maximum absolute atomic E-state index is 14.5. The molecular formula is C31H41FN2O3. The topological polar surface area (TPSA) is 58.6 Å². The van der Waals surface area contributed by atoms with E-state index in [1.807, 2.05) is 19.1 Å². The van der Waals surface area contributed by atoms with Gasteiger partial charge in [-0.2, -0.15) is 0 Å². The molecule has 4 rings (SSSR count). The quantitative estimate of drug-likeness (QED) is 0.349. The standard InChI is InChI=1S/C31H41FN2O3/c1-22(2)20-34(26-9-5-4-6-10-26)29-14-13-25(31(37-21-35)15-7-8-16-31)19-28(29)33-30(36)18-24-12-11-23(3)17-27(24)32/h11-14,17,19,21-22,26H,4-10,15-16,18,20H2,1-3H3,(H,33,36). The lowest BCUT2D eigenvalue weighted by molar-refractivity contribution is -0.144. The normalized spacial score (nSPS) is 17.5. The summed E-state index contributed by atoms with van der Waals surface area (Å²) in [5, 5.41) is 3.13. The molecule has 2 aromatic rings. The van der Waals surface area contributed by atoms with E-state index in [2.05, 4.69) is 36.2 Å². The third-order valence-electron chi connectivity index (χ3n) is 7.93. The van der Waals surface area contributed by atoms with Crippen LogP contribution in [0.3, 0.4) is 0 Å². The predicted molar refractivity (Wildman–Crippen MR) is 146 cm³/mol. The summed E-state index contributed by atoms with van der Waals surface area (Å²) in [6.07, 6.45) is 9.43. The molecule has 0 saturated heterocycles. The van der Waals surface area contributed by atoms with Crippen molar-refractivity contribution in [3.8, 4) is 0 Å². The van der Waals surface area contributed by atoms with E-state index >= 15 is 0 Å². The van der Waals surface area contributed by atoms with E-state index in [9.17, 15) is 14.0 Å². The summed E-state index contributed by atoms with van der Waals surface area (Å²) in [6, 6.07) is 11.5. The highest BCUT2D eigenvalue weighted by Gasteiger charge is 2.38. The molecule has 1 N–H and O–H groups in total. The number of carbonyl (C=O) groups excluding carboxylic acids is 2. The van der Waals surface area contributed by atoms with E-state index < -0.39 is 5.60 Å². The second-order valence-corrected chi connectivity index (χ2v) is 11.3. The number of aryl methyl sites for hydroxylation is 1. The molecule has 2 aliphatic rings. The van der Waals surface area contributed by atoms with Gasteiger partial charge in [0.2, 0.25) is 5.91 Å². The Balaban J connectivity index is 1.71. The zero-order chi connectivity index (χ0) is 26.4. The fourth-order valence-corrected chi connectivity index (χ4v) is 6.08. The molecule has 0 aliphatic heterocycles. The van der Waals surface area contributed by atoms with Gasteiger partial charge in [0, 0.05) is 12.6 Å². The van der Waals surface area contributed by atoms with Crippen molar-refractivity contribution in [1.29, 1.82) is 0 Å². The van der Waals surface area contributed by atoms with E-state index in [-0.39, 0.29) is 18.1 Å². The van der Waals surface area contributed by atoms with Crippen LogP contribution in [0.4, 0.5) is 15.8 Å². The van der Waals surface area contributed by atoms with Gasteiger partial charge in [-0.05, 0) is 86.3 Å². The Morgan fingerprint density at radius 2 is 1.84 bits per heavy atom.